The fraction of sp³-hybridized carbons (Fsp3) is 0.487. The minimum absolute atomic E-state index is 0.00439. The summed E-state index contributed by atoms with van der Waals surface area (Å²) >= 11 is 0. The van der Waals surface area contributed by atoms with Gasteiger partial charge in [-0.05, 0) is 102 Å². The Morgan fingerprint density at radius 2 is 1.29 bits per heavy atom. The van der Waals surface area contributed by atoms with Crippen molar-refractivity contribution in [2.24, 2.45) is 0 Å². The van der Waals surface area contributed by atoms with E-state index in [4.69, 9.17) is 0 Å². The molecular formula is C39H50F2N2O2. The molecule has 45 heavy (non-hydrogen) atoms. The van der Waals surface area contributed by atoms with Gasteiger partial charge in [-0.2, -0.15) is 0 Å². The van der Waals surface area contributed by atoms with E-state index in [1.165, 1.54) is 41.0 Å². The molecule has 1 aliphatic heterocycles. The highest BCUT2D eigenvalue weighted by Crippen LogP contribution is 2.35. The summed E-state index contributed by atoms with van der Waals surface area (Å²) in [6.07, 6.45) is 2.73. The molecule has 242 valence electrons. The third-order valence-electron chi connectivity index (χ3n) is 9.19. The number of hydrogen-bond acceptors (Lipinski definition) is 2. The van der Waals surface area contributed by atoms with Crippen molar-refractivity contribution in [3.05, 3.63) is 106 Å². The van der Waals surface area contributed by atoms with E-state index in [-0.39, 0.29) is 46.2 Å². The molecular weight excluding hydrogens is 566 g/mol. The molecule has 3 aromatic carbocycles. The summed E-state index contributed by atoms with van der Waals surface area (Å²) in [5.74, 6) is -0.453. The lowest BCUT2D eigenvalue weighted by molar-refractivity contribution is -0.133. The molecule has 4 rings (SSSR count). The van der Waals surface area contributed by atoms with E-state index in [2.05, 4.69) is 60.6 Å². The van der Waals surface area contributed by atoms with Gasteiger partial charge in [0.1, 0.15) is 11.6 Å². The van der Waals surface area contributed by atoms with Crippen LogP contribution in [0.25, 0.3) is 0 Å². The van der Waals surface area contributed by atoms with Crippen LogP contribution in [-0.2, 0) is 15.6 Å². The number of benzene rings is 3. The van der Waals surface area contributed by atoms with Gasteiger partial charge in [-0.3, -0.25) is 9.59 Å². The molecule has 2 amide bonds. The van der Waals surface area contributed by atoms with E-state index in [0.717, 1.165) is 36.0 Å². The molecule has 4 nitrogen and oxygen atoms in total. The van der Waals surface area contributed by atoms with Crippen LogP contribution in [0.2, 0.25) is 0 Å². The predicted octanol–water partition coefficient (Wildman–Crippen LogP) is 8.93. The SMILES string of the molecule is Cc1c(C(C)(C)C)cc(C(=O)N2CCN(C(=O)CCCCC(c3ccc(F)cc3)c3ccc(F)cc3)C[C@@H]2C)cc1C(C)(C)C. The number of carbonyl (C=O) groups excluding carboxylic acids is 2. The third kappa shape index (κ3) is 8.39. The van der Waals surface area contributed by atoms with E-state index in [1.807, 2.05) is 16.7 Å². The van der Waals surface area contributed by atoms with Gasteiger partial charge in [0.2, 0.25) is 5.91 Å². The zero-order chi connectivity index (χ0) is 33.1. The van der Waals surface area contributed by atoms with Crippen LogP contribution in [0.3, 0.4) is 0 Å². The Morgan fingerprint density at radius 1 is 0.800 bits per heavy atom. The lowest BCUT2D eigenvalue weighted by Gasteiger charge is -2.40. The van der Waals surface area contributed by atoms with Crippen LogP contribution < -0.4 is 0 Å². The summed E-state index contributed by atoms with van der Waals surface area (Å²) in [6, 6.07) is 17.0. The summed E-state index contributed by atoms with van der Waals surface area (Å²) in [4.78, 5) is 30.9. The van der Waals surface area contributed by atoms with Gasteiger partial charge in [-0.1, -0.05) is 72.2 Å². The number of nitrogens with zero attached hydrogens (tertiary/aromatic N) is 2. The maximum atomic E-state index is 13.9. The maximum Gasteiger partial charge on any atom is 0.254 e. The second-order valence-electron chi connectivity index (χ2n) is 14.8. The first kappa shape index (κ1) is 34.3. The smallest absolute Gasteiger partial charge is 0.254 e. The number of piperazine rings is 1. The van der Waals surface area contributed by atoms with Gasteiger partial charge in [0.05, 0.1) is 0 Å². The van der Waals surface area contributed by atoms with Crippen molar-refractivity contribution in [1.82, 2.24) is 9.80 Å². The summed E-state index contributed by atoms with van der Waals surface area (Å²) in [7, 11) is 0. The highest BCUT2D eigenvalue weighted by atomic mass is 19.1. The Morgan fingerprint density at radius 3 is 1.73 bits per heavy atom. The van der Waals surface area contributed by atoms with Gasteiger partial charge in [0, 0.05) is 43.6 Å². The van der Waals surface area contributed by atoms with Crippen LogP contribution in [0.1, 0.15) is 118 Å². The zero-order valence-corrected chi connectivity index (χ0v) is 28.3. The third-order valence-corrected chi connectivity index (χ3v) is 9.19. The minimum atomic E-state index is -0.290. The fourth-order valence-corrected chi connectivity index (χ4v) is 6.75. The molecule has 6 heteroatoms. The van der Waals surface area contributed by atoms with Crippen molar-refractivity contribution >= 4 is 11.8 Å². The number of hydrogen-bond donors (Lipinski definition) is 0. The van der Waals surface area contributed by atoms with E-state index >= 15 is 0 Å². The van der Waals surface area contributed by atoms with Crippen LogP contribution in [-0.4, -0.2) is 47.3 Å². The molecule has 0 spiro atoms. The largest absolute Gasteiger partial charge is 0.339 e. The highest BCUT2D eigenvalue weighted by Gasteiger charge is 2.32. The molecule has 0 saturated carbocycles. The number of unbranched alkanes of at least 4 members (excludes halogenated alkanes) is 1. The Hall–Kier alpha value is -3.54. The molecule has 0 aliphatic carbocycles. The normalized spacial score (nSPS) is 15.9. The summed E-state index contributed by atoms with van der Waals surface area (Å²) in [5, 5.41) is 0. The Kier molecular flexibility index (Phi) is 10.6. The van der Waals surface area contributed by atoms with Gasteiger partial charge in [0.15, 0.2) is 0 Å². The van der Waals surface area contributed by atoms with Crippen LogP contribution in [0.5, 0.6) is 0 Å². The first-order valence-corrected chi connectivity index (χ1v) is 16.3. The summed E-state index contributed by atoms with van der Waals surface area (Å²) in [5.41, 5.74) is 6.13. The molecule has 0 radical (unpaired) electrons. The number of halogens is 2. The maximum absolute atomic E-state index is 13.9. The number of rotatable bonds is 8. The molecule has 0 bridgehead atoms. The molecule has 0 unspecified atom stereocenters. The van der Waals surface area contributed by atoms with Crippen LogP contribution in [0, 0.1) is 18.6 Å². The van der Waals surface area contributed by atoms with Crippen molar-refractivity contribution in [1.29, 1.82) is 0 Å². The molecule has 0 aromatic heterocycles. The van der Waals surface area contributed by atoms with Crippen LogP contribution in [0.15, 0.2) is 60.7 Å². The first-order chi connectivity index (χ1) is 21.1. The summed E-state index contributed by atoms with van der Waals surface area (Å²) < 4.78 is 27.2. The van der Waals surface area contributed by atoms with Crippen molar-refractivity contribution < 1.29 is 18.4 Å². The van der Waals surface area contributed by atoms with Crippen molar-refractivity contribution in [3.8, 4) is 0 Å². The molecule has 1 heterocycles. The van der Waals surface area contributed by atoms with E-state index < -0.39 is 0 Å². The second kappa shape index (κ2) is 13.8. The average Bonchev–Trinajstić information content (AvgIpc) is 2.97. The molecule has 1 aliphatic rings. The first-order valence-electron chi connectivity index (χ1n) is 16.3. The average molecular weight is 617 g/mol. The van der Waals surface area contributed by atoms with Crippen molar-refractivity contribution in [2.75, 3.05) is 19.6 Å². The van der Waals surface area contributed by atoms with Crippen LogP contribution in [0.4, 0.5) is 8.78 Å². The number of amides is 2. The van der Waals surface area contributed by atoms with Crippen LogP contribution >= 0.6 is 0 Å². The second-order valence-corrected chi connectivity index (χ2v) is 14.8. The zero-order valence-electron chi connectivity index (χ0n) is 28.3. The van der Waals surface area contributed by atoms with E-state index in [9.17, 15) is 18.4 Å². The molecule has 1 saturated heterocycles. The lowest BCUT2D eigenvalue weighted by atomic mass is 9.75. The van der Waals surface area contributed by atoms with Crippen molar-refractivity contribution in [2.45, 2.75) is 104 Å². The monoisotopic (exact) mass is 616 g/mol. The Labute approximate surface area is 268 Å². The molecule has 1 atom stereocenters. The topological polar surface area (TPSA) is 40.6 Å². The predicted molar refractivity (Wildman–Crippen MR) is 179 cm³/mol. The highest BCUT2D eigenvalue weighted by molar-refractivity contribution is 5.95. The minimum Gasteiger partial charge on any atom is -0.339 e. The van der Waals surface area contributed by atoms with E-state index in [1.54, 1.807) is 24.3 Å². The van der Waals surface area contributed by atoms with Gasteiger partial charge < -0.3 is 9.80 Å². The van der Waals surface area contributed by atoms with Crippen molar-refractivity contribution in [3.63, 3.8) is 0 Å². The molecule has 1 fully saturated rings. The quantitative estimate of drug-likeness (QED) is 0.237. The summed E-state index contributed by atoms with van der Waals surface area (Å²) in [6.45, 7) is 18.9. The molecule has 3 aromatic rings. The van der Waals surface area contributed by atoms with Gasteiger partial charge in [-0.25, -0.2) is 8.78 Å². The van der Waals surface area contributed by atoms with Gasteiger partial charge >= 0.3 is 0 Å². The Balaban J connectivity index is 1.37. The number of carbonyl (C=O) groups is 2. The standard InChI is InChI=1S/C39H50F2N2O2/c1-26-25-42(21-22-43(26)37(45)30-23-34(38(3,4)5)27(2)35(24-30)39(6,7)8)36(44)12-10-9-11-33(28-13-17-31(40)18-14-28)29-15-19-32(41)20-16-29/h13-20,23-24,26,33H,9-12,21-22,25H2,1-8H3/t26-/m0/s1. The fourth-order valence-electron chi connectivity index (χ4n) is 6.75. The van der Waals surface area contributed by atoms with Gasteiger partial charge in [-0.15, -0.1) is 0 Å². The molecule has 0 N–H and O–H groups in total. The Bertz CT molecular complexity index is 1400. The van der Waals surface area contributed by atoms with Gasteiger partial charge in [0.25, 0.3) is 5.91 Å². The lowest BCUT2D eigenvalue weighted by Crippen LogP contribution is -2.55. The van der Waals surface area contributed by atoms with E-state index in [0.29, 0.717) is 26.1 Å².